The molecule has 1 amide bonds. The summed E-state index contributed by atoms with van der Waals surface area (Å²) >= 11 is 0. The number of hydrogen-bond donors (Lipinski definition) is 0. The number of hydrogen-bond acceptors (Lipinski definition) is 5. The van der Waals surface area contributed by atoms with Gasteiger partial charge in [-0.15, -0.1) is 0 Å². The molecular formula is C24H25NO5. The Hall–Kier alpha value is -3.12. The van der Waals surface area contributed by atoms with E-state index in [2.05, 4.69) is 32.9 Å². The molecule has 4 rings (SSSR count). The normalized spacial score (nSPS) is 17.6. The molecule has 2 aromatic carbocycles. The fourth-order valence-corrected chi connectivity index (χ4v) is 3.37. The number of benzene rings is 2. The first-order valence-corrected chi connectivity index (χ1v) is 10.0. The summed E-state index contributed by atoms with van der Waals surface area (Å²) in [7, 11) is 0. The van der Waals surface area contributed by atoms with Gasteiger partial charge >= 0.3 is 6.09 Å². The summed E-state index contributed by atoms with van der Waals surface area (Å²) in [5, 5.41) is 0. The smallest absolute Gasteiger partial charge is 0.415 e. The lowest BCUT2D eigenvalue weighted by atomic mass is 9.86. The summed E-state index contributed by atoms with van der Waals surface area (Å²) < 4.78 is 16.5. The largest absolute Gasteiger partial charge is 0.452 e. The van der Waals surface area contributed by atoms with E-state index >= 15 is 0 Å². The van der Waals surface area contributed by atoms with Crippen molar-refractivity contribution in [3.8, 4) is 11.5 Å². The molecule has 2 aliphatic heterocycles. The lowest BCUT2D eigenvalue weighted by Crippen LogP contribution is -2.42. The lowest BCUT2D eigenvalue weighted by molar-refractivity contribution is 0.0416. The second kappa shape index (κ2) is 7.95. The van der Waals surface area contributed by atoms with Crippen molar-refractivity contribution in [2.75, 3.05) is 26.3 Å². The number of carbonyl (C=O) groups excluding carboxylic acids is 2. The van der Waals surface area contributed by atoms with E-state index in [0.717, 1.165) is 5.56 Å². The van der Waals surface area contributed by atoms with Gasteiger partial charge in [0.05, 0.1) is 18.8 Å². The van der Waals surface area contributed by atoms with Crippen LogP contribution < -0.4 is 9.47 Å². The highest BCUT2D eigenvalue weighted by Gasteiger charge is 2.28. The third-order valence-electron chi connectivity index (χ3n) is 5.19. The summed E-state index contributed by atoms with van der Waals surface area (Å²) in [4.78, 5) is 26.5. The summed E-state index contributed by atoms with van der Waals surface area (Å²) in [6.07, 6.45) is 1.30. The first-order valence-electron chi connectivity index (χ1n) is 10.0. The van der Waals surface area contributed by atoms with Crippen LogP contribution in [-0.4, -0.2) is 43.1 Å². The Labute approximate surface area is 176 Å². The number of ether oxygens (including phenoxy) is 3. The lowest BCUT2D eigenvalue weighted by Gasteiger charge is -2.25. The molecular weight excluding hydrogens is 382 g/mol. The van der Waals surface area contributed by atoms with E-state index in [9.17, 15) is 9.59 Å². The van der Waals surface area contributed by atoms with Gasteiger partial charge in [0, 0.05) is 19.2 Å². The number of amides is 1. The average molecular weight is 407 g/mol. The van der Waals surface area contributed by atoms with Gasteiger partial charge in [-0.2, -0.15) is 0 Å². The van der Waals surface area contributed by atoms with E-state index in [1.54, 1.807) is 29.2 Å². The molecule has 0 atom stereocenters. The minimum atomic E-state index is -0.433. The molecule has 0 aliphatic carbocycles. The first-order chi connectivity index (χ1) is 14.3. The number of rotatable bonds is 2. The first kappa shape index (κ1) is 20.2. The van der Waals surface area contributed by atoms with Crippen molar-refractivity contribution >= 4 is 18.0 Å². The Bertz CT molecular complexity index is 995. The maximum absolute atomic E-state index is 12.7. The van der Waals surface area contributed by atoms with Crippen molar-refractivity contribution in [3.05, 3.63) is 64.9 Å². The second-order valence-electron chi connectivity index (χ2n) is 8.44. The van der Waals surface area contributed by atoms with Gasteiger partial charge in [-0.1, -0.05) is 45.0 Å². The quantitative estimate of drug-likeness (QED) is 0.689. The van der Waals surface area contributed by atoms with Crippen molar-refractivity contribution in [2.45, 2.75) is 26.2 Å². The molecule has 2 heterocycles. The topological polar surface area (TPSA) is 65.1 Å². The maximum atomic E-state index is 12.7. The molecule has 6 nitrogen and oxygen atoms in total. The molecule has 0 saturated carbocycles. The monoisotopic (exact) mass is 407 g/mol. The molecule has 0 unspecified atom stereocenters. The Balaban J connectivity index is 1.48. The molecule has 0 spiro atoms. The third kappa shape index (κ3) is 4.24. The highest BCUT2D eigenvalue weighted by atomic mass is 16.6. The number of allylic oxidation sites excluding steroid dienone is 1. The predicted molar refractivity (Wildman–Crippen MR) is 113 cm³/mol. The van der Waals surface area contributed by atoms with E-state index in [1.165, 1.54) is 5.56 Å². The zero-order valence-electron chi connectivity index (χ0n) is 17.4. The van der Waals surface area contributed by atoms with Gasteiger partial charge in [0.1, 0.15) is 11.5 Å². The molecule has 0 radical (unpaired) electrons. The van der Waals surface area contributed by atoms with Crippen molar-refractivity contribution in [1.82, 2.24) is 4.90 Å². The van der Waals surface area contributed by atoms with Crippen LogP contribution in [0.2, 0.25) is 0 Å². The van der Waals surface area contributed by atoms with Crippen molar-refractivity contribution in [3.63, 3.8) is 0 Å². The molecule has 2 aromatic rings. The third-order valence-corrected chi connectivity index (χ3v) is 5.19. The summed E-state index contributed by atoms with van der Waals surface area (Å²) in [5.41, 5.74) is 2.63. The minimum absolute atomic E-state index is 0.0661. The SMILES string of the molecule is CC(C)(C)c1ccc(C=C2Oc3cc(OC(=O)N4CCOCC4)ccc3C2=O)cc1. The maximum Gasteiger partial charge on any atom is 0.415 e. The van der Waals surface area contributed by atoms with E-state index in [-0.39, 0.29) is 17.0 Å². The fraction of sp³-hybridized carbons (Fsp3) is 0.333. The Morgan fingerprint density at radius 1 is 1.07 bits per heavy atom. The molecule has 30 heavy (non-hydrogen) atoms. The van der Waals surface area contributed by atoms with Crippen LogP contribution in [-0.2, 0) is 10.2 Å². The van der Waals surface area contributed by atoms with Crippen LogP contribution in [0.1, 0.15) is 42.3 Å². The fourth-order valence-electron chi connectivity index (χ4n) is 3.37. The summed E-state index contributed by atoms with van der Waals surface area (Å²) in [5.74, 6) is 0.805. The number of morpholine rings is 1. The van der Waals surface area contributed by atoms with Crippen LogP contribution in [0.5, 0.6) is 11.5 Å². The minimum Gasteiger partial charge on any atom is -0.452 e. The van der Waals surface area contributed by atoms with Crippen LogP contribution >= 0.6 is 0 Å². The highest BCUT2D eigenvalue weighted by molar-refractivity contribution is 6.14. The summed E-state index contributed by atoms with van der Waals surface area (Å²) in [6, 6.07) is 12.9. The van der Waals surface area contributed by atoms with Crippen molar-refractivity contribution in [1.29, 1.82) is 0 Å². The zero-order chi connectivity index (χ0) is 21.3. The Morgan fingerprint density at radius 3 is 2.43 bits per heavy atom. The molecule has 156 valence electrons. The van der Waals surface area contributed by atoms with Crippen molar-refractivity contribution < 1.29 is 23.8 Å². The van der Waals surface area contributed by atoms with Crippen LogP contribution in [0.25, 0.3) is 6.08 Å². The van der Waals surface area contributed by atoms with E-state index < -0.39 is 6.09 Å². The van der Waals surface area contributed by atoms with Gasteiger partial charge in [-0.05, 0) is 34.8 Å². The van der Waals surface area contributed by atoms with E-state index in [4.69, 9.17) is 14.2 Å². The van der Waals surface area contributed by atoms with Crippen LogP contribution in [0.4, 0.5) is 4.79 Å². The van der Waals surface area contributed by atoms with Gasteiger partial charge in [0.2, 0.25) is 5.78 Å². The van der Waals surface area contributed by atoms with E-state index in [1.807, 2.05) is 12.1 Å². The molecule has 0 bridgehead atoms. The molecule has 0 aromatic heterocycles. The summed E-state index contributed by atoms with van der Waals surface area (Å²) in [6.45, 7) is 8.47. The number of nitrogens with zero attached hydrogens (tertiary/aromatic N) is 1. The zero-order valence-corrected chi connectivity index (χ0v) is 17.4. The average Bonchev–Trinajstić information content (AvgIpc) is 3.03. The van der Waals surface area contributed by atoms with Gasteiger partial charge in [-0.25, -0.2) is 4.79 Å². The number of ketones is 1. The van der Waals surface area contributed by atoms with Gasteiger partial charge in [0.15, 0.2) is 5.76 Å². The van der Waals surface area contributed by atoms with Crippen LogP contribution in [0, 0.1) is 0 Å². The van der Waals surface area contributed by atoms with Crippen LogP contribution in [0.15, 0.2) is 48.2 Å². The standard InChI is InChI=1S/C24H25NO5/c1-24(2,3)17-6-4-16(5-7-17)14-21-22(26)19-9-8-18(15-20(19)30-21)29-23(27)25-10-12-28-13-11-25/h4-9,14-15H,10-13H2,1-3H3. The molecule has 1 saturated heterocycles. The molecule has 2 aliphatic rings. The molecule has 6 heteroatoms. The predicted octanol–water partition coefficient (Wildman–Crippen LogP) is 4.43. The van der Waals surface area contributed by atoms with Gasteiger partial charge in [0.25, 0.3) is 0 Å². The Kier molecular flexibility index (Phi) is 5.35. The number of Topliss-reactive ketones (excluding diaryl/α,β-unsaturated/α-hetero) is 1. The highest BCUT2D eigenvalue weighted by Crippen LogP contribution is 2.35. The molecule has 0 N–H and O–H groups in total. The number of carbonyl (C=O) groups is 2. The van der Waals surface area contributed by atoms with E-state index in [0.29, 0.717) is 43.4 Å². The number of fused-ring (bicyclic) bond motifs is 1. The van der Waals surface area contributed by atoms with Gasteiger partial charge in [-0.3, -0.25) is 4.79 Å². The van der Waals surface area contributed by atoms with Crippen molar-refractivity contribution in [2.24, 2.45) is 0 Å². The second-order valence-corrected chi connectivity index (χ2v) is 8.44. The Morgan fingerprint density at radius 2 is 1.77 bits per heavy atom. The van der Waals surface area contributed by atoms with Crippen LogP contribution in [0.3, 0.4) is 0 Å². The molecule has 1 fully saturated rings. The van der Waals surface area contributed by atoms with Gasteiger partial charge < -0.3 is 19.1 Å².